The summed E-state index contributed by atoms with van der Waals surface area (Å²) in [7, 11) is 0. The van der Waals surface area contributed by atoms with Crippen molar-refractivity contribution >= 4 is 5.91 Å². The molecule has 1 aliphatic carbocycles. The van der Waals surface area contributed by atoms with Crippen LogP contribution in [0.3, 0.4) is 0 Å². The van der Waals surface area contributed by atoms with E-state index in [4.69, 9.17) is 0 Å². The number of nitrogens with zero attached hydrogens (tertiary/aromatic N) is 2. The second-order valence-electron chi connectivity index (χ2n) is 8.02. The van der Waals surface area contributed by atoms with Crippen LogP contribution in [0.15, 0.2) is 0 Å². The van der Waals surface area contributed by atoms with E-state index in [1.54, 1.807) is 0 Å². The van der Waals surface area contributed by atoms with Gasteiger partial charge in [-0.3, -0.25) is 4.79 Å². The molecule has 2 atom stereocenters. The summed E-state index contributed by atoms with van der Waals surface area (Å²) in [5.41, 5.74) is 0.392. The van der Waals surface area contributed by atoms with Crippen LogP contribution in [0.25, 0.3) is 0 Å². The van der Waals surface area contributed by atoms with Crippen molar-refractivity contribution in [2.45, 2.75) is 57.4 Å². The minimum atomic E-state index is 0.359. The van der Waals surface area contributed by atoms with Crippen LogP contribution in [-0.4, -0.2) is 61.0 Å². The molecule has 1 amide bonds. The number of hydrogen-bond donors (Lipinski definition) is 1. The number of piperidine rings is 1. The molecular formula is C18H31N3O. The van der Waals surface area contributed by atoms with Crippen LogP contribution in [-0.2, 0) is 4.79 Å². The lowest BCUT2D eigenvalue weighted by molar-refractivity contribution is -0.133. The Labute approximate surface area is 134 Å². The summed E-state index contributed by atoms with van der Waals surface area (Å²) in [5, 5.41) is 3.44. The Kier molecular flexibility index (Phi) is 4.16. The molecule has 3 aliphatic heterocycles. The van der Waals surface area contributed by atoms with Crippen LogP contribution in [0.2, 0.25) is 0 Å². The molecule has 3 heterocycles. The maximum Gasteiger partial charge on any atom is 0.226 e. The van der Waals surface area contributed by atoms with E-state index < -0.39 is 0 Å². The van der Waals surface area contributed by atoms with Gasteiger partial charge in [0.1, 0.15) is 0 Å². The molecule has 0 aromatic carbocycles. The molecule has 4 fully saturated rings. The average molecular weight is 305 g/mol. The summed E-state index contributed by atoms with van der Waals surface area (Å²) in [6.07, 6.45) is 10.0. The largest absolute Gasteiger partial charge is 0.342 e. The zero-order valence-electron chi connectivity index (χ0n) is 13.9. The second-order valence-corrected chi connectivity index (χ2v) is 8.02. The Hall–Kier alpha value is -0.610. The highest BCUT2D eigenvalue weighted by Crippen LogP contribution is 2.59. The number of carbonyl (C=O) groups is 1. The topological polar surface area (TPSA) is 35.6 Å². The molecule has 4 aliphatic rings. The molecule has 124 valence electrons. The summed E-state index contributed by atoms with van der Waals surface area (Å²) >= 11 is 0. The molecule has 0 bridgehead atoms. The standard InChI is InChI=1S/C18H31N3O/c22-17(16-14-18(16)6-8-19-9-7-18)21-12-3-4-15(5-13-21)20-10-1-2-11-20/h15-16,19H,1-14H2. The Morgan fingerprint density at radius 1 is 0.955 bits per heavy atom. The second kappa shape index (κ2) is 6.12. The maximum atomic E-state index is 12.9. The molecule has 1 saturated carbocycles. The molecule has 0 radical (unpaired) electrons. The number of hydrogen-bond acceptors (Lipinski definition) is 3. The van der Waals surface area contributed by atoms with E-state index in [2.05, 4.69) is 15.1 Å². The predicted molar refractivity (Wildman–Crippen MR) is 87.7 cm³/mol. The van der Waals surface area contributed by atoms with Crippen molar-refractivity contribution in [3.05, 3.63) is 0 Å². The maximum absolute atomic E-state index is 12.9. The molecule has 22 heavy (non-hydrogen) atoms. The summed E-state index contributed by atoms with van der Waals surface area (Å²) in [5.74, 6) is 0.849. The summed E-state index contributed by atoms with van der Waals surface area (Å²) in [4.78, 5) is 17.8. The highest BCUT2D eigenvalue weighted by atomic mass is 16.2. The zero-order chi connectivity index (χ0) is 15.0. The number of nitrogens with one attached hydrogen (secondary N) is 1. The third-order valence-corrected chi connectivity index (χ3v) is 6.75. The SMILES string of the molecule is O=C(C1CC12CCNCC2)N1CCCC(N2CCCC2)CC1. The van der Waals surface area contributed by atoms with Crippen LogP contribution >= 0.6 is 0 Å². The predicted octanol–water partition coefficient (Wildman–Crippen LogP) is 1.85. The molecule has 2 unspecified atom stereocenters. The van der Waals surface area contributed by atoms with E-state index in [1.165, 1.54) is 64.5 Å². The first-order chi connectivity index (χ1) is 10.8. The first kappa shape index (κ1) is 14.9. The molecule has 0 aromatic heterocycles. The van der Waals surface area contributed by atoms with Crippen molar-refractivity contribution in [1.29, 1.82) is 0 Å². The van der Waals surface area contributed by atoms with Gasteiger partial charge in [-0.05, 0) is 83.0 Å². The normalized spacial score (nSPS) is 35.5. The quantitative estimate of drug-likeness (QED) is 0.846. The molecule has 0 aromatic rings. The van der Waals surface area contributed by atoms with Gasteiger partial charge in [-0.1, -0.05) is 0 Å². The van der Waals surface area contributed by atoms with Gasteiger partial charge in [-0.15, -0.1) is 0 Å². The number of rotatable bonds is 2. The van der Waals surface area contributed by atoms with Gasteiger partial charge in [0.15, 0.2) is 0 Å². The summed E-state index contributed by atoms with van der Waals surface area (Å²) in [6.45, 7) is 6.81. The van der Waals surface area contributed by atoms with Crippen LogP contribution in [0.4, 0.5) is 0 Å². The van der Waals surface area contributed by atoms with E-state index in [-0.39, 0.29) is 0 Å². The van der Waals surface area contributed by atoms with Crippen LogP contribution in [0, 0.1) is 11.3 Å². The first-order valence-corrected chi connectivity index (χ1v) is 9.52. The lowest BCUT2D eigenvalue weighted by Crippen LogP contribution is -2.38. The van der Waals surface area contributed by atoms with Crippen molar-refractivity contribution in [3.8, 4) is 0 Å². The van der Waals surface area contributed by atoms with Gasteiger partial charge in [-0.25, -0.2) is 0 Å². The Morgan fingerprint density at radius 2 is 1.73 bits per heavy atom. The van der Waals surface area contributed by atoms with Gasteiger partial charge in [0.05, 0.1) is 0 Å². The van der Waals surface area contributed by atoms with Gasteiger partial charge < -0.3 is 15.1 Å². The first-order valence-electron chi connectivity index (χ1n) is 9.52. The zero-order valence-corrected chi connectivity index (χ0v) is 13.9. The third-order valence-electron chi connectivity index (χ3n) is 6.75. The van der Waals surface area contributed by atoms with Crippen molar-refractivity contribution in [2.24, 2.45) is 11.3 Å². The van der Waals surface area contributed by atoms with E-state index in [1.807, 2.05) is 0 Å². The highest BCUT2D eigenvalue weighted by Gasteiger charge is 2.58. The smallest absolute Gasteiger partial charge is 0.226 e. The van der Waals surface area contributed by atoms with Crippen molar-refractivity contribution in [2.75, 3.05) is 39.3 Å². The van der Waals surface area contributed by atoms with Gasteiger partial charge in [-0.2, -0.15) is 0 Å². The molecule has 4 nitrogen and oxygen atoms in total. The molecule has 1 N–H and O–H groups in total. The van der Waals surface area contributed by atoms with Gasteiger partial charge >= 0.3 is 0 Å². The highest BCUT2D eigenvalue weighted by molar-refractivity contribution is 5.82. The molecule has 4 heteroatoms. The van der Waals surface area contributed by atoms with Gasteiger partial charge in [0.2, 0.25) is 5.91 Å². The minimum Gasteiger partial charge on any atom is -0.342 e. The lowest BCUT2D eigenvalue weighted by atomic mass is 9.91. The third kappa shape index (κ3) is 2.80. The van der Waals surface area contributed by atoms with Gasteiger partial charge in [0, 0.05) is 25.0 Å². The van der Waals surface area contributed by atoms with Crippen molar-refractivity contribution < 1.29 is 4.79 Å². The van der Waals surface area contributed by atoms with E-state index in [0.29, 0.717) is 17.2 Å². The molecule has 3 saturated heterocycles. The average Bonchev–Trinajstić information content (AvgIpc) is 3.05. The van der Waals surface area contributed by atoms with Gasteiger partial charge in [0.25, 0.3) is 0 Å². The van der Waals surface area contributed by atoms with E-state index in [9.17, 15) is 4.79 Å². The van der Waals surface area contributed by atoms with Crippen molar-refractivity contribution in [1.82, 2.24) is 15.1 Å². The van der Waals surface area contributed by atoms with Crippen LogP contribution < -0.4 is 5.32 Å². The van der Waals surface area contributed by atoms with E-state index >= 15 is 0 Å². The van der Waals surface area contributed by atoms with Crippen LogP contribution in [0.5, 0.6) is 0 Å². The Balaban J connectivity index is 1.32. The number of likely N-dealkylation sites (tertiary alicyclic amines) is 2. The number of carbonyl (C=O) groups excluding carboxylic acids is 1. The lowest BCUT2D eigenvalue weighted by Gasteiger charge is -2.27. The number of amides is 1. The Morgan fingerprint density at radius 3 is 2.50 bits per heavy atom. The summed E-state index contributed by atoms with van der Waals surface area (Å²) in [6, 6.07) is 0.743. The Bertz CT molecular complexity index is 413. The van der Waals surface area contributed by atoms with Crippen molar-refractivity contribution in [3.63, 3.8) is 0 Å². The fraction of sp³-hybridized carbons (Fsp3) is 0.944. The fourth-order valence-corrected chi connectivity index (χ4v) is 5.17. The molecule has 1 spiro atoms. The monoisotopic (exact) mass is 305 g/mol. The van der Waals surface area contributed by atoms with E-state index in [0.717, 1.165) is 32.2 Å². The minimum absolute atomic E-state index is 0.359. The summed E-state index contributed by atoms with van der Waals surface area (Å²) < 4.78 is 0. The molecule has 4 rings (SSSR count). The van der Waals surface area contributed by atoms with Crippen LogP contribution in [0.1, 0.15) is 51.4 Å². The fourth-order valence-electron chi connectivity index (χ4n) is 5.17. The molecular weight excluding hydrogens is 274 g/mol.